The van der Waals surface area contributed by atoms with Gasteiger partial charge in [-0.3, -0.25) is 4.68 Å². The zero-order valence-electron chi connectivity index (χ0n) is 10.7. The number of nitriles is 1. The molecule has 1 aliphatic heterocycles. The van der Waals surface area contributed by atoms with E-state index >= 15 is 0 Å². The second-order valence-electron chi connectivity index (χ2n) is 4.67. The van der Waals surface area contributed by atoms with Gasteiger partial charge in [0.2, 0.25) is 0 Å². The quantitative estimate of drug-likeness (QED) is 0.928. The van der Waals surface area contributed by atoms with Crippen molar-refractivity contribution in [1.29, 1.82) is 5.26 Å². The van der Waals surface area contributed by atoms with Gasteiger partial charge in [-0.05, 0) is 18.2 Å². The summed E-state index contributed by atoms with van der Waals surface area (Å²) >= 11 is 12.1. The summed E-state index contributed by atoms with van der Waals surface area (Å²) in [6.45, 7) is 1.91. The average Bonchev–Trinajstić information content (AvgIpc) is 2.78. The lowest BCUT2D eigenvalue weighted by molar-refractivity contribution is 0.590. The standard InChI is InChI=1S/C14H12Cl2N4/c15-10-5-9(6-11(16)7-10)14-12-8-18-3-1-13(12)20(19-14)4-2-17/h5-7,18H,1,3-4,8H2. The van der Waals surface area contributed by atoms with Crippen molar-refractivity contribution in [1.82, 2.24) is 15.1 Å². The number of nitrogens with one attached hydrogen (secondary N) is 1. The van der Waals surface area contributed by atoms with Crippen LogP contribution in [0.2, 0.25) is 10.0 Å². The Balaban J connectivity index is 2.16. The predicted octanol–water partition coefficient (Wildman–Crippen LogP) is 3.03. The third-order valence-corrected chi connectivity index (χ3v) is 3.80. The van der Waals surface area contributed by atoms with E-state index in [1.807, 2.05) is 12.1 Å². The smallest absolute Gasteiger partial charge is 0.128 e. The van der Waals surface area contributed by atoms with Gasteiger partial charge in [0, 0.05) is 46.4 Å². The van der Waals surface area contributed by atoms with Crippen LogP contribution in [0.4, 0.5) is 0 Å². The average molecular weight is 307 g/mol. The largest absolute Gasteiger partial charge is 0.312 e. The van der Waals surface area contributed by atoms with Crippen LogP contribution in [0.15, 0.2) is 18.2 Å². The predicted molar refractivity (Wildman–Crippen MR) is 78.7 cm³/mol. The summed E-state index contributed by atoms with van der Waals surface area (Å²) in [6, 6.07) is 7.54. The lowest BCUT2D eigenvalue weighted by Gasteiger charge is -2.14. The van der Waals surface area contributed by atoms with Crippen LogP contribution in [-0.2, 0) is 19.5 Å². The van der Waals surface area contributed by atoms with E-state index in [1.54, 1.807) is 10.7 Å². The SMILES string of the molecule is N#CCn1nc(-c2cc(Cl)cc(Cl)c2)c2c1CCNC2. The van der Waals surface area contributed by atoms with E-state index in [-0.39, 0.29) is 6.54 Å². The number of hydrogen-bond donors (Lipinski definition) is 1. The number of halogens is 2. The maximum Gasteiger partial charge on any atom is 0.128 e. The molecule has 4 nitrogen and oxygen atoms in total. The Hall–Kier alpha value is -1.54. The first-order valence-electron chi connectivity index (χ1n) is 6.31. The summed E-state index contributed by atoms with van der Waals surface area (Å²) in [5, 5.41) is 18.0. The molecule has 0 amide bonds. The molecule has 0 fully saturated rings. The number of hydrogen-bond acceptors (Lipinski definition) is 3. The zero-order chi connectivity index (χ0) is 14.1. The number of nitrogens with zero attached hydrogens (tertiary/aromatic N) is 3. The summed E-state index contributed by atoms with van der Waals surface area (Å²) < 4.78 is 1.78. The summed E-state index contributed by atoms with van der Waals surface area (Å²) in [5.74, 6) is 0. The van der Waals surface area contributed by atoms with Gasteiger partial charge in [0.05, 0.1) is 11.8 Å². The fraction of sp³-hybridized carbons (Fsp3) is 0.286. The highest BCUT2D eigenvalue weighted by Gasteiger charge is 2.21. The lowest BCUT2D eigenvalue weighted by atomic mass is 10.0. The van der Waals surface area contributed by atoms with E-state index in [2.05, 4.69) is 16.5 Å². The fourth-order valence-corrected chi connectivity index (χ4v) is 3.07. The minimum atomic E-state index is 0.261. The topological polar surface area (TPSA) is 53.6 Å². The molecule has 20 heavy (non-hydrogen) atoms. The Morgan fingerprint density at radius 3 is 2.75 bits per heavy atom. The molecule has 102 valence electrons. The van der Waals surface area contributed by atoms with E-state index < -0.39 is 0 Å². The number of aromatic nitrogens is 2. The van der Waals surface area contributed by atoms with E-state index in [0.717, 1.165) is 42.0 Å². The van der Waals surface area contributed by atoms with Crippen molar-refractivity contribution in [2.24, 2.45) is 0 Å². The summed E-state index contributed by atoms with van der Waals surface area (Å²) in [7, 11) is 0. The second kappa shape index (κ2) is 5.45. The Morgan fingerprint density at radius 2 is 2.05 bits per heavy atom. The molecule has 1 N–H and O–H groups in total. The first-order chi connectivity index (χ1) is 9.69. The Labute approximate surface area is 126 Å². The Morgan fingerprint density at radius 1 is 1.30 bits per heavy atom. The van der Waals surface area contributed by atoms with Crippen LogP contribution in [0, 0.1) is 11.3 Å². The highest BCUT2D eigenvalue weighted by atomic mass is 35.5. The van der Waals surface area contributed by atoms with E-state index in [4.69, 9.17) is 28.5 Å². The van der Waals surface area contributed by atoms with Crippen LogP contribution in [0.5, 0.6) is 0 Å². The zero-order valence-corrected chi connectivity index (χ0v) is 12.2. The van der Waals surface area contributed by atoms with Crippen LogP contribution >= 0.6 is 23.2 Å². The molecule has 0 spiro atoms. The molecule has 0 bridgehead atoms. The van der Waals surface area contributed by atoms with E-state index in [9.17, 15) is 0 Å². The van der Waals surface area contributed by atoms with Gasteiger partial charge in [-0.1, -0.05) is 23.2 Å². The molecule has 0 saturated heterocycles. The van der Waals surface area contributed by atoms with Gasteiger partial charge in [0.1, 0.15) is 6.54 Å². The molecule has 2 aromatic rings. The van der Waals surface area contributed by atoms with Crippen LogP contribution in [0.3, 0.4) is 0 Å². The molecule has 6 heteroatoms. The van der Waals surface area contributed by atoms with Crippen molar-refractivity contribution < 1.29 is 0 Å². The monoisotopic (exact) mass is 306 g/mol. The molecular weight excluding hydrogens is 295 g/mol. The summed E-state index contributed by atoms with van der Waals surface area (Å²) in [4.78, 5) is 0. The van der Waals surface area contributed by atoms with Gasteiger partial charge in [-0.15, -0.1) is 0 Å². The van der Waals surface area contributed by atoms with Gasteiger partial charge in [-0.25, -0.2) is 0 Å². The van der Waals surface area contributed by atoms with Crippen molar-refractivity contribution in [2.75, 3.05) is 6.54 Å². The van der Waals surface area contributed by atoms with Gasteiger partial charge in [0.15, 0.2) is 0 Å². The third kappa shape index (κ3) is 2.40. The number of rotatable bonds is 2. The van der Waals surface area contributed by atoms with Crippen molar-refractivity contribution in [3.8, 4) is 17.3 Å². The van der Waals surface area contributed by atoms with Gasteiger partial charge in [0.25, 0.3) is 0 Å². The van der Waals surface area contributed by atoms with Crippen LogP contribution in [0.1, 0.15) is 11.3 Å². The molecule has 1 aromatic heterocycles. The maximum absolute atomic E-state index is 8.92. The first kappa shape index (κ1) is 13.4. The van der Waals surface area contributed by atoms with Crippen LogP contribution in [0.25, 0.3) is 11.3 Å². The minimum absolute atomic E-state index is 0.261. The van der Waals surface area contributed by atoms with Gasteiger partial charge in [-0.2, -0.15) is 10.4 Å². The number of benzene rings is 1. The Bertz CT molecular complexity index is 680. The molecule has 0 aliphatic carbocycles. The molecule has 3 rings (SSSR count). The summed E-state index contributed by atoms with van der Waals surface area (Å²) in [6.07, 6.45) is 0.873. The van der Waals surface area contributed by atoms with Crippen molar-refractivity contribution in [3.05, 3.63) is 39.5 Å². The minimum Gasteiger partial charge on any atom is -0.312 e. The molecule has 0 radical (unpaired) electrons. The van der Waals surface area contributed by atoms with Crippen molar-refractivity contribution in [2.45, 2.75) is 19.5 Å². The molecular formula is C14H12Cl2N4. The fourth-order valence-electron chi connectivity index (χ4n) is 2.54. The first-order valence-corrected chi connectivity index (χ1v) is 7.07. The highest BCUT2D eigenvalue weighted by molar-refractivity contribution is 6.35. The van der Waals surface area contributed by atoms with Crippen LogP contribution in [-0.4, -0.2) is 16.3 Å². The van der Waals surface area contributed by atoms with E-state index in [0.29, 0.717) is 10.0 Å². The van der Waals surface area contributed by atoms with E-state index in [1.165, 1.54) is 0 Å². The maximum atomic E-state index is 8.92. The molecule has 0 unspecified atom stereocenters. The van der Waals surface area contributed by atoms with Gasteiger partial charge >= 0.3 is 0 Å². The third-order valence-electron chi connectivity index (χ3n) is 3.36. The van der Waals surface area contributed by atoms with Crippen molar-refractivity contribution >= 4 is 23.2 Å². The normalized spacial score (nSPS) is 13.8. The van der Waals surface area contributed by atoms with Crippen LogP contribution < -0.4 is 5.32 Å². The Kier molecular flexibility index (Phi) is 3.66. The van der Waals surface area contributed by atoms with Crippen molar-refractivity contribution in [3.63, 3.8) is 0 Å². The summed E-state index contributed by atoms with van der Waals surface area (Å²) in [5.41, 5.74) is 3.99. The number of fused-ring (bicyclic) bond motifs is 1. The second-order valence-corrected chi connectivity index (χ2v) is 5.55. The van der Waals surface area contributed by atoms with Gasteiger partial charge < -0.3 is 5.32 Å². The lowest BCUT2D eigenvalue weighted by Crippen LogP contribution is -2.24. The highest BCUT2D eigenvalue weighted by Crippen LogP contribution is 2.31. The molecule has 0 saturated carbocycles. The molecule has 1 aromatic carbocycles. The molecule has 2 heterocycles. The molecule has 0 atom stereocenters. The molecule has 1 aliphatic rings.